The zero-order valence-corrected chi connectivity index (χ0v) is 47.9. The maximum Gasteiger partial charge on any atom is 0.314 e. The SMILES string of the molecule is C[Si](C)(C)C[Si](C)(C)O[Si](C)(C)O[Si](C)(C)C[Si](C)(C)CCCC(CO)(CO)CCC[Si](C)(C)O[Si](C)(C)O[Si](C)(C)O[Si](C)(C)O[Si](C)(C)C. The van der Waals surface area contributed by atoms with E-state index in [0.717, 1.165) is 31.7 Å². The lowest BCUT2D eigenvalue weighted by Crippen LogP contribution is -2.58. The predicted molar refractivity (Wildman–Crippen MR) is 247 cm³/mol. The Bertz CT molecular complexity index is 973. The Kier molecular flexibility index (Phi) is 19.8. The Hall–Kier alpha value is 1.85. The van der Waals surface area contributed by atoms with E-state index in [1.807, 2.05) is 0 Å². The molecule has 8 nitrogen and oxygen atoms in total. The van der Waals surface area contributed by atoms with E-state index in [-0.39, 0.29) is 13.2 Å². The molecule has 0 saturated heterocycles. The van der Waals surface area contributed by atoms with Crippen LogP contribution in [0.3, 0.4) is 0 Å². The summed E-state index contributed by atoms with van der Waals surface area (Å²) < 4.78 is 40.6. The van der Waals surface area contributed by atoms with E-state index >= 15 is 0 Å². The van der Waals surface area contributed by atoms with Crippen LogP contribution in [0.2, 0.25) is 167 Å². The summed E-state index contributed by atoms with van der Waals surface area (Å²) in [5.74, 6) is 0. The third-order valence-electron chi connectivity index (χ3n) is 8.68. The van der Waals surface area contributed by atoms with Crippen LogP contribution in [0.5, 0.6) is 0 Å². The van der Waals surface area contributed by atoms with E-state index in [4.69, 9.17) is 24.7 Å². The Morgan fingerprint density at radius 1 is 0.392 bits per heavy atom. The Morgan fingerprint density at radius 2 is 0.725 bits per heavy atom. The van der Waals surface area contributed by atoms with Crippen LogP contribution in [0.1, 0.15) is 25.7 Å². The molecule has 0 atom stereocenters. The molecule has 0 aromatic heterocycles. The first-order chi connectivity index (χ1) is 22.2. The van der Waals surface area contributed by atoms with Crippen molar-refractivity contribution in [2.24, 2.45) is 5.41 Å². The van der Waals surface area contributed by atoms with Crippen molar-refractivity contribution in [1.82, 2.24) is 0 Å². The van der Waals surface area contributed by atoms with Gasteiger partial charge in [0.25, 0.3) is 0 Å². The van der Waals surface area contributed by atoms with Gasteiger partial charge in [-0.05, 0) is 142 Å². The average Bonchev–Trinajstić information content (AvgIpc) is 2.74. The molecule has 308 valence electrons. The van der Waals surface area contributed by atoms with Gasteiger partial charge in [-0.15, -0.1) is 0 Å². The van der Waals surface area contributed by atoms with Gasteiger partial charge in [0.1, 0.15) is 0 Å². The van der Waals surface area contributed by atoms with Crippen LogP contribution in [-0.2, 0) is 24.7 Å². The zero-order chi connectivity index (χ0) is 40.8. The fourth-order valence-corrected chi connectivity index (χ4v) is 67.1. The molecule has 18 heteroatoms. The summed E-state index contributed by atoms with van der Waals surface area (Å²) in [4.78, 5) is 0. The first-order valence-corrected chi connectivity index (χ1v) is 50.8. The van der Waals surface area contributed by atoms with Gasteiger partial charge in [-0.3, -0.25) is 0 Å². The van der Waals surface area contributed by atoms with Crippen LogP contribution in [0.15, 0.2) is 0 Å². The van der Waals surface area contributed by atoms with Crippen LogP contribution < -0.4 is 0 Å². The first-order valence-electron chi connectivity index (χ1n) is 19.6. The minimum Gasteiger partial charge on any atom is -0.437 e. The van der Waals surface area contributed by atoms with Crippen molar-refractivity contribution < 1.29 is 34.9 Å². The summed E-state index contributed by atoms with van der Waals surface area (Å²) in [6, 6.07) is 2.14. The fraction of sp³-hybridized carbons (Fsp3) is 1.00. The molecule has 0 aliphatic carbocycles. The first kappa shape index (κ1) is 52.8. The second-order valence-corrected chi connectivity index (χ2v) is 66.4. The summed E-state index contributed by atoms with van der Waals surface area (Å²) >= 11 is 0. The van der Waals surface area contributed by atoms with E-state index in [2.05, 4.69) is 144 Å². The van der Waals surface area contributed by atoms with Gasteiger partial charge >= 0.3 is 34.2 Å². The highest BCUT2D eigenvalue weighted by atomic mass is 28.5. The zero-order valence-electron chi connectivity index (χ0n) is 37.9. The van der Waals surface area contributed by atoms with Crippen molar-refractivity contribution >= 4 is 83.7 Å². The second-order valence-electron chi connectivity index (χ2n) is 22.2. The summed E-state index contributed by atoms with van der Waals surface area (Å²) in [5.41, 5.74) is 2.02. The molecule has 0 unspecified atom stereocenters. The lowest BCUT2D eigenvalue weighted by atomic mass is 9.81. The number of hydrogen-bond donors (Lipinski definition) is 2. The average molecular weight is 894 g/mol. The molecule has 0 fully saturated rings. The molecule has 0 radical (unpaired) electrons. The van der Waals surface area contributed by atoms with E-state index in [9.17, 15) is 10.2 Å². The Balaban J connectivity index is 5.26. The monoisotopic (exact) mass is 892 g/mol. The molecule has 0 rings (SSSR count). The number of aliphatic hydroxyl groups is 2. The van der Waals surface area contributed by atoms with Crippen LogP contribution in [0, 0.1) is 5.41 Å². The summed E-state index contributed by atoms with van der Waals surface area (Å²) in [7, 11) is -19.8. The number of rotatable bonds is 26. The van der Waals surface area contributed by atoms with Crippen LogP contribution in [0.4, 0.5) is 0 Å². The van der Waals surface area contributed by atoms with Crippen molar-refractivity contribution in [1.29, 1.82) is 0 Å². The molecular formula is C33H88O8Si10. The molecule has 0 aliphatic rings. The van der Waals surface area contributed by atoms with E-state index in [1.165, 1.54) is 17.4 Å². The lowest BCUT2D eigenvalue weighted by Gasteiger charge is -2.42. The van der Waals surface area contributed by atoms with Crippen molar-refractivity contribution in [3.05, 3.63) is 0 Å². The Morgan fingerprint density at radius 3 is 1.12 bits per heavy atom. The molecule has 0 bridgehead atoms. The van der Waals surface area contributed by atoms with Crippen molar-refractivity contribution in [2.75, 3.05) is 13.2 Å². The van der Waals surface area contributed by atoms with Gasteiger partial charge < -0.3 is 34.9 Å². The molecule has 0 aromatic rings. The lowest BCUT2D eigenvalue weighted by molar-refractivity contribution is 0.0382. The standard InChI is InChI=1S/C33H88O8Si10/c1-42(2,3)31-46(11,12)38-49(17,18)39-47(13,14)32-44(7,8)27-23-25-33(29-34,30-35)26-24-28-45(9,10)37-50(19,20)41-51(21,22)40-48(15,16)36-43(4,5)6/h34-35H,23-32H2,1-22H3. The summed E-state index contributed by atoms with van der Waals surface area (Å²) in [5, 5.41) is 21.2. The molecule has 0 aliphatic heterocycles. The maximum atomic E-state index is 10.6. The maximum absolute atomic E-state index is 10.6. The van der Waals surface area contributed by atoms with E-state index in [1.54, 1.807) is 0 Å². The molecule has 0 saturated carbocycles. The molecule has 0 heterocycles. The largest absolute Gasteiger partial charge is 0.437 e. The van der Waals surface area contributed by atoms with Crippen molar-refractivity contribution in [3.63, 3.8) is 0 Å². The highest BCUT2D eigenvalue weighted by Crippen LogP contribution is 2.36. The van der Waals surface area contributed by atoms with Crippen molar-refractivity contribution in [3.8, 4) is 0 Å². The molecule has 0 spiro atoms. The van der Waals surface area contributed by atoms with Crippen LogP contribution in [0.25, 0.3) is 0 Å². The van der Waals surface area contributed by atoms with Gasteiger partial charge in [-0.1, -0.05) is 51.6 Å². The second kappa shape index (κ2) is 19.1. The topological polar surface area (TPSA) is 95.8 Å². The minimum absolute atomic E-state index is 0.0194. The smallest absolute Gasteiger partial charge is 0.314 e. The Labute approximate surface area is 328 Å². The number of hydrogen-bond acceptors (Lipinski definition) is 8. The highest BCUT2D eigenvalue weighted by Gasteiger charge is 2.46. The van der Waals surface area contributed by atoms with Crippen LogP contribution >= 0.6 is 0 Å². The predicted octanol–water partition coefficient (Wildman–Crippen LogP) is 11.0. The van der Waals surface area contributed by atoms with Gasteiger partial charge in [0, 0.05) is 21.6 Å². The molecule has 0 amide bonds. The van der Waals surface area contributed by atoms with E-state index in [0.29, 0.717) is 0 Å². The molecule has 51 heavy (non-hydrogen) atoms. The quantitative estimate of drug-likeness (QED) is 0.0829. The molecule has 2 N–H and O–H groups in total. The fourth-order valence-electron chi connectivity index (χ4n) is 8.96. The van der Waals surface area contributed by atoms with E-state index < -0.39 is 89.1 Å². The van der Waals surface area contributed by atoms with Crippen molar-refractivity contribution in [2.45, 2.75) is 193 Å². The third kappa shape index (κ3) is 25.0. The third-order valence-corrected chi connectivity index (χ3v) is 51.6. The minimum atomic E-state index is -2.47. The van der Waals surface area contributed by atoms with Gasteiger partial charge in [-0.2, -0.15) is 0 Å². The molecule has 0 aromatic carbocycles. The van der Waals surface area contributed by atoms with Crippen LogP contribution in [-0.4, -0.2) is 107 Å². The van der Waals surface area contributed by atoms with Gasteiger partial charge in [0.15, 0.2) is 33.3 Å². The normalized spacial score (nSPS) is 15.5. The summed E-state index contributed by atoms with van der Waals surface area (Å²) in [6.07, 6.45) is 3.61. The van der Waals surface area contributed by atoms with Gasteiger partial charge in [0.05, 0.1) is 13.2 Å². The summed E-state index contributed by atoms with van der Waals surface area (Å²) in [6.45, 7) is 50.4. The number of aliphatic hydroxyl groups excluding tert-OH is 2. The van der Waals surface area contributed by atoms with Gasteiger partial charge in [-0.25, -0.2) is 0 Å². The van der Waals surface area contributed by atoms with Gasteiger partial charge in [0.2, 0.25) is 0 Å². The molecular weight excluding hydrogens is 805 g/mol. The highest BCUT2D eigenvalue weighted by molar-refractivity contribution is 6.98.